The van der Waals surface area contributed by atoms with Crippen LogP contribution >= 0.6 is 0 Å². The van der Waals surface area contributed by atoms with Crippen molar-refractivity contribution in [2.75, 3.05) is 0 Å². The van der Waals surface area contributed by atoms with Gasteiger partial charge in [-0.1, -0.05) is 36.4 Å². The Morgan fingerprint density at radius 1 is 1.03 bits per heavy atom. The minimum Gasteiger partial charge on any atom is -0.477 e. The van der Waals surface area contributed by atoms with Gasteiger partial charge in [-0.3, -0.25) is 0 Å². The highest BCUT2D eigenvalue weighted by Crippen LogP contribution is 2.38. The molecule has 2 aromatic heterocycles. The minimum atomic E-state index is -4.83. The van der Waals surface area contributed by atoms with Crippen molar-refractivity contribution in [2.24, 2.45) is 0 Å². The van der Waals surface area contributed by atoms with E-state index in [9.17, 15) is 22.4 Å². The van der Waals surface area contributed by atoms with Crippen LogP contribution in [0.3, 0.4) is 0 Å². The fourth-order valence-electron chi connectivity index (χ4n) is 3.40. The summed E-state index contributed by atoms with van der Waals surface area (Å²) in [5.41, 5.74) is 0.769. The first kappa shape index (κ1) is 19.6. The number of benzene rings is 2. The molecular weight excluding hydrogens is 400 g/mol. The number of carboxylic acids is 1. The number of aromatic nitrogens is 2. The first-order chi connectivity index (χ1) is 14.2. The monoisotopic (exact) mass is 414 g/mol. The Morgan fingerprint density at radius 3 is 2.43 bits per heavy atom. The molecule has 0 saturated carbocycles. The van der Waals surface area contributed by atoms with E-state index in [1.165, 1.54) is 12.1 Å². The van der Waals surface area contributed by atoms with Crippen molar-refractivity contribution in [1.82, 2.24) is 9.97 Å². The molecule has 2 N–H and O–H groups in total. The van der Waals surface area contributed by atoms with Gasteiger partial charge >= 0.3 is 12.1 Å². The molecule has 0 atom stereocenters. The number of halogens is 4. The zero-order chi connectivity index (χ0) is 21.5. The first-order valence-electron chi connectivity index (χ1n) is 8.90. The molecule has 0 saturated heterocycles. The normalized spacial score (nSPS) is 11.7. The maximum atomic E-state index is 14.3. The van der Waals surface area contributed by atoms with E-state index >= 15 is 0 Å². The number of H-pyrrole nitrogens is 1. The third-order valence-corrected chi connectivity index (χ3v) is 4.75. The summed E-state index contributed by atoms with van der Waals surface area (Å²) < 4.78 is 53.8. The Labute approximate surface area is 167 Å². The van der Waals surface area contributed by atoms with Crippen molar-refractivity contribution in [2.45, 2.75) is 12.6 Å². The lowest BCUT2D eigenvalue weighted by molar-refractivity contribution is -0.139. The molecule has 4 aromatic rings. The van der Waals surface area contributed by atoms with Gasteiger partial charge in [0.25, 0.3) is 0 Å². The third-order valence-electron chi connectivity index (χ3n) is 4.75. The molecule has 8 heteroatoms. The van der Waals surface area contributed by atoms with E-state index in [1.54, 1.807) is 36.4 Å². The van der Waals surface area contributed by atoms with E-state index < -0.39 is 23.5 Å². The summed E-state index contributed by atoms with van der Waals surface area (Å²) in [6, 6.07) is 15.0. The lowest BCUT2D eigenvalue weighted by atomic mass is 10.00. The molecule has 0 fully saturated rings. The molecule has 2 heterocycles. The van der Waals surface area contributed by atoms with Crippen molar-refractivity contribution in [1.29, 1.82) is 0 Å². The summed E-state index contributed by atoms with van der Waals surface area (Å²) in [7, 11) is 0. The first-order valence-corrected chi connectivity index (χ1v) is 8.90. The number of aromatic amines is 1. The molecule has 0 aliphatic carbocycles. The maximum absolute atomic E-state index is 14.3. The Kier molecular flexibility index (Phi) is 4.77. The van der Waals surface area contributed by atoms with Crippen molar-refractivity contribution in [3.05, 3.63) is 89.0 Å². The lowest BCUT2D eigenvalue weighted by Crippen LogP contribution is -2.08. The zero-order valence-corrected chi connectivity index (χ0v) is 15.3. The zero-order valence-electron chi connectivity index (χ0n) is 15.3. The molecule has 0 amide bonds. The van der Waals surface area contributed by atoms with Gasteiger partial charge in [0.05, 0.1) is 11.3 Å². The largest absolute Gasteiger partial charge is 0.477 e. The number of hydrogen-bond donors (Lipinski definition) is 2. The fourth-order valence-corrected chi connectivity index (χ4v) is 3.40. The number of alkyl halides is 3. The van der Waals surface area contributed by atoms with Gasteiger partial charge in [-0.2, -0.15) is 13.2 Å². The number of nitrogens with zero attached hydrogens (tertiary/aromatic N) is 1. The van der Waals surface area contributed by atoms with Crippen LogP contribution in [0.4, 0.5) is 17.6 Å². The molecule has 4 nitrogen and oxygen atoms in total. The third kappa shape index (κ3) is 3.63. The topological polar surface area (TPSA) is 66.0 Å². The van der Waals surface area contributed by atoms with E-state index in [2.05, 4.69) is 9.97 Å². The molecule has 0 unspecified atom stereocenters. The van der Waals surface area contributed by atoms with Crippen molar-refractivity contribution in [3.63, 3.8) is 0 Å². The summed E-state index contributed by atoms with van der Waals surface area (Å²) in [4.78, 5) is 18.3. The van der Waals surface area contributed by atoms with Crippen molar-refractivity contribution < 1.29 is 27.5 Å². The Balaban J connectivity index is 1.93. The van der Waals surface area contributed by atoms with Crippen LogP contribution in [0.25, 0.3) is 22.2 Å². The quantitative estimate of drug-likeness (QED) is 0.423. The molecule has 4 rings (SSSR count). The van der Waals surface area contributed by atoms with E-state index in [1.807, 2.05) is 0 Å². The van der Waals surface area contributed by atoms with Gasteiger partial charge in [0.2, 0.25) is 0 Å². The second-order valence-corrected chi connectivity index (χ2v) is 6.72. The smallest absolute Gasteiger partial charge is 0.419 e. The number of hydrogen-bond acceptors (Lipinski definition) is 2. The van der Waals surface area contributed by atoms with Gasteiger partial charge in [-0.15, -0.1) is 0 Å². The number of rotatable bonds is 4. The summed E-state index contributed by atoms with van der Waals surface area (Å²) in [5.74, 6) is -2.57. The van der Waals surface area contributed by atoms with Gasteiger partial charge in [0.1, 0.15) is 11.5 Å². The van der Waals surface area contributed by atoms with Crippen LogP contribution in [-0.2, 0) is 12.6 Å². The number of pyridine rings is 1. The molecular formula is C22H14F4N2O2. The number of nitrogens with one attached hydrogen (secondary N) is 1. The maximum Gasteiger partial charge on any atom is 0.419 e. The van der Waals surface area contributed by atoms with E-state index in [0.717, 1.165) is 12.1 Å². The van der Waals surface area contributed by atoms with Gasteiger partial charge in [0.15, 0.2) is 0 Å². The highest BCUT2D eigenvalue weighted by Gasteiger charge is 2.35. The van der Waals surface area contributed by atoms with Crippen LogP contribution in [0.5, 0.6) is 0 Å². The van der Waals surface area contributed by atoms with Crippen LogP contribution in [0.2, 0.25) is 0 Å². The highest BCUT2D eigenvalue weighted by molar-refractivity contribution is 5.92. The average Bonchev–Trinajstić information content (AvgIpc) is 3.05. The summed E-state index contributed by atoms with van der Waals surface area (Å²) >= 11 is 0. The molecule has 0 bridgehead atoms. The van der Waals surface area contributed by atoms with Gasteiger partial charge in [-0.05, 0) is 35.4 Å². The van der Waals surface area contributed by atoms with Gasteiger partial charge in [-0.25, -0.2) is 14.2 Å². The summed E-state index contributed by atoms with van der Waals surface area (Å²) in [6.07, 6.45) is -4.72. The fraction of sp³-hybridized carbons (Fsp3) is 0.0909. The van der Waals surface area contributed by atoms with Gasteiger partial charge in [0, 0.05) is 23.0 Å². The molecule has 2 aromatic carbocycles. The number of carboxylic acid groups (broad SMARTS) is 1. The van der Waals surface area contributed by atoms with E-state index in [4.69, 9.17) is 5.11 Å². The van der Waals surface area contributed by atoms with E-state index in [-0.39, 0.29) is 23.0 Å². The van der Waals surface area contributed by atoms with Crippen LogP contribution in [0.1, 0.15) is 27.3 Å². The van der Waals surface area contributed by atoms with Crippen LogP contribution < -0.4 is 0 Å². The Morgan fingerprint density at radius 2 is 1.77 bits per heavy atom. The van der Waals surface area contributed by atoms with Crippen molar-refractivity contribution >= 4 is 16.9 Å². The van der Waals surface area contributed by atoms with Crippen LogP contribution in [-0.4, -0.2) is 21.0 Å². The molecule has 0 radical (unpaired) electrons. The Hall–Kier alpha value is -3.68. The molecule has 0 spiro atoms. The standard InChI is InChI=1S/C22H14F4N2O2/c23-17-10-14-15(9-13-7-4-8-18(27-13)21(29)30)20(12-5-2-1-3-6-12)28-19(14)11-16(17)22(24,25)26/h1-8,10-11,28H,9H2,(H,29,30). The number of carbonyl (C=O) groups is 1. The lowest BCUT2D eigenvalue weighted by Gasteiger charge is -2.09. The van der Waals surface area contributed by atoms with Crippen LogP contribution in [0, 0.1) is 5.82 Å². The SMILES string of the molecule is O=C(O)c1cccc(Cc2c(-c3ccccc3)[nH]c3cc(C(F)(F)F)c(F)cc23)n1. The minimum absolute atomic E-state index is 0.107. The van der Waals surface area contributed by atoms with E-state index in [0.29, 0.717) is 22.5 Å². The molecule has 0 aliphatic rings. The average molecular weight is 414 g/mol. The number of fused-ring (bicyclic) bond motifs is 1. The van der Waals surface area contributed by atoms with Crippen LogP contribution in [0.15, 0.2) is 60.7 Å². The molecule has 0 aliphatic heterocycles. The summed E-state index contributed by atoms with van der Waals surface area (Å²) in [5, 5.41) is 9.44. The summed E-state index contributed by atoms with van der Waals surface area (Å²) in [6.45, 7) is 0. The predicted molar refractivity (Wildman–Crippen MR) is 103 cm³/mol. The highest BCUT2D eigenvalue weighted by atomic mass is 19.4. The molecule has 30 heavy (non-hydrogen) atoms. The number of aromatic carboxylic acids is 1. The Bertz CT molecular complexity index is 1250. The van der Waals surface area contributed by atoms with Crippen molar-refractivity contribution in [3.8, 4) is 11.3 Å². The molecule has 152 valence electrons. The second-order valence-electron chi connectivity index (χ2n) is 6.72. The van der Waals surface area contributed by atoms with Gasteiger partial charge < -0.3 is 10.1 Å². The second kappa shape index (κ2) is 7.29. The predicted octanol–water partition coefficient (Wildman–Crippen LogP) is 5.68.